The van der Waals surface area contributed by atoms with Gasteiger partial charge in [-0.1, -0.05) is 0 Å². The first-order valence-corrected chi connectivity index (χ1v) is 2.45. The van der Waals surface area contributed by atoms with Crippen molar-refractivity contribution in [3.8, 4) is 0 Å². The van der Waals surface area contributed by atoms with Crippen LogP contribution >= 0.6 is 0 Å². The van der Waals surface area contributed by atoms with Crippen LogP contribution in [-0.2, 0) is 0 Å². The van der Waals surface area contributed by atoms with E-state index in [-0.39, 0.29) is 6.10 Å². The molecule has 0 aromatic carbocycles. The molecule has 0 aliphatic heterocycles. The van der Waals surface area contributed by atoms with Gasteiger partial charge in [0.2, 0.25) is 0 Å². The van der Waals surface area contributed by atoms with Gasteiger partial charge in [0.15, 0.2) is 0 Å². The number of nitrogens with zero attached hydrogens (tertiary/aromatic N) is 1. The minimum absolute atomic E-state index is 0.389. The van der Waals surface area contributed by atoms with Crippen molar-refractivity contribution < 1.29 is 5.11 Å². The van der Waals surface area contributed by atoms with E-state index in [9.17, 15) is 0 Å². The van der Waals surface area contributed by atoms with Crippen molar-refractivity contribution in [2.24, 2.45) is 4.99 Å². The predicted molar refractivity (Wildman–Crippen MR) is 30.7 cm³/mol. The van der Waals surface area contributed by atoms with E-state index >= 15 is 0 Å². The molecule has 0 saturated carbocycles. The molecule has 1 N–H and O–H groups in total. The van der Waals surface area contributed by atoms with E-state index in [0.29, 0.717) is 0 Å². The molecule has 0 aromatic rings. The van der Waals surface area contributed by atoms with Gasteiger partial charge in [-0.3, -0.25) is 4.99 Å². The third-order valence-electron chi connectivity index (χ3n) is 0.504. The molecule has 0 fully saturated rings. The van der Waals surface area contributed by atoms with Crippen LogP contribution in [0.25, 0.3) is 0 Å². The second-order valence-electron chi connectivity index (χ2n) is 1.39. The molecule has 0 amide bonds. The van der Waals surface area contributed by atoms with Gasteiger partial charge in [-0.15, -0.1) is 0 Å². The fourth-order valence-electron chi connectivity index (χ4n) is 0.258. The Bertz CT molecular complexity index is 59.1. The van der Waals surface area contributed by atoms with E-state index < -0.39 is 0 Å². The van der Waals surface area contributed by atoms with Crippen LogP contribution in [0.5, 0.6) is 0 Å². The average Bonchev–Trinajstić information content (AvgIpc) is 1.61. The Morgan fingerprint density at radius 1 is 1.86 bits per heavy atom. The standard InChI is InChI=1S/C5H11NO/c1-3-6-4-5(2)7/h4-5,7H,3H2,1-2H3. The molecule has 0 spiro atoms. The first-order chi connectivity index (χ1) is 3.27. The second-order valence-corrected chi connectivity index (χ2v) is 1.39. The maximum Gasteiger partial charge on any atom is 0.0858 e. The zero-order valence-electron chi connectivity index (χ0n) is 4.76. The summed E-state index contributed by atoms with van der Waals surface area (Å²) in [6.07, 6.45) is 1.14. The third kappa shape index (κ3) is 5.63. The Kier molecular flexibility index (Phi) is 3.61. The number of aliphatic hydroxyl groups is 1. The molecule has 2 nitrogen and oxygen atoms in total. The monoisotopic (exact) mass is 101 g/mol. The van der Waals surface area contributed by atoms with Gasteiger partial charge in [0.1, 0.15) is 0 Å². The van der Waals surface area contributed by atoms with Crippen molar-refractivity contribution in [1.82, 2.24) is 0 Å². The van der Waals surface area contributed by atoms with Gasteiger partial charge in [-0.05, 0) is 13.8 Å². The molecule has 0 aliphatic carbocycles. The highest BCUT2D eigenvalue weighted by Gasteiger charge is 1.81. The van der Waals surface area contributed by atoms with E-state index in [1.807, 2.05) is 6.92 Å². The van der Waals surface area contributed by atoms with Crippen molar-refractivity contribution in [2.45, 2.75) is 20.0 Å². The van der Waals surface area contributed by atoms with Crippen LogP contribution in [0.1, 0.15) is 13.8 Å². The highest BCUT2D eigenvalue weighted by atomic mass is 16.3. The van der Waals surface area contributed by atoms with Gasteiger partial charge >= 0.3 is 0 Å². The first-order valence-electron chi connectivity index (χ1n) is 2.45. The molecule has 1 atom stereocenters. The molecule has 0 saturated heterocycles. The van der Waals surface area contributed by atoms with E-state index in [4.69, 9.17) is 5.11 Å². The molecule has 0 rings (SSSR count). The highest BCUT2D eigenvalue weighted by molar-refractivity contribution is 5.61. The van der Waals surface area contributed by atoms with Crippen LogP contribution in [-0.4, -0.2) is 24.0 Å². The van der Waals surface area contributed by atoms with Gasteiger partial charge in [0.05, 0.1) is 6.10 Å². The molecule has 0 aromatic heterocycles. The smallest absolute Gasteiger partial charge is 0.0858 e. The number of aliphatic imine (C=N–C) groups is 1. The van der Waals surface area contributed by atoms with E-state index in [1.54, 1.807) is 6.92 Å². The normalized spacial score (nSPS) is 15.3. The number of rotatable bonds is 2. The minimum Gasteiger partial charge on any atom is -0.388 e. The summed E-state index contributed by atoms with van der Waals surface area (Å²) in [6, 6.07) is 0. The lowest BCUT2D eigenvalue weighted by Crippen LogP contribution is -1.99. The van der Waals surface area contributed by atoms with Gasteiger partial charge in [-0.25, -0.2) is 0 Å². The SMILES string of the molecule is CCN=CC(C)O. The summed E-state index contributed by atoms with van der Waals surface area (Å²) in [5.74, 6) is 0. The first kappa shape index (κ1) is 6.63. The van der Waals surface area contributed by atoms with Crippen LogP contribution in [0.3, 0.4) is 0 Å². The summed E-state index contributed by atoms with van der Waals surface area (Å²) in [5, 5.41) is 8.53. The summed E-state index contributed by atoms with van der Waals surface area (Å²) < 4.78 is 0. The fraction of sp³-hybridized carbons (Fsp3) is 0.800. The topological polar surface area (TPSA) is 32.6 Å². The quantitative estimate of drug-likeness (QED) is 0.503. The summed E-state index contributed by atoms with van der Waals surface area (Å²) >= 11 is 0. The lowest BCUT2D eigenvalue weighted by atomic mass is 10.5. The zero-order chi connectivity index (χ0) is 5.70. The van der Waals surface area contributed by atoms with E-state index in [1.165, 1.54) is 6.21 Å². The molecule has 42 valence electrons. The molecular formula is C5H11NO. The zero-order valence-corrected chi connectivity index (χ0v) is 4.76. The number of aliphatic hydroxyl groups excluding tert-OH is 1. The van der Waals surface area contributed by atoms with Crippen molar-refractivity contribution in [3.63, 3.8) is 0 Å². The second kappa shape index (κ2) is 3.81. The Hall–Kier alpha value is -0.370. The Labute approximate surface area is 43.9 Å². The van der Waals surface area contributed by atoms with E-state index in [0.717, 1.165) is 6.54 Å². The maximum atomic E-state index is 8.53. The van der Waals surface area contributed by atoms with Crippen LogP contribution < -0.4 is 0 Å². The fourth-order valence-corrected chi connectivity index (χ4v) is 0.258. The average molecular weight is 101 g/mol. The molecule has 0 bridgehead atoms. The van der Waals surface area contributed by atoms with Crippen LogP contribution in [0.2, 0.25) is 0 Å². The molecule has 7 heavy (non-hydrogen) atoms. The summed E-state index contributed by atoms with van der Waals surface area (Å²) in [4.78, 5) is 3.80. The van der Waals surface area contributed by atoms with Crippen molar-refractivity contribution in [3.05, 3.63) is 0 Å². The van der Waals surface area contributed by atoms with Crippen molar-refractivity contribution >= 4 is 6.21 Å². The molecular weight excluding hydrogens is 90.1 g/mol. The van der Waals surface area contributed by atoms with Crippen LogP contribution in [0.15, 0.2) is 4.99 Å². The van der Waals surface area contributed by atoms with Crippen molar-refractivity contribution in [2.75, 3.05) is 6.54 Å². The molecule has 2 heteroatoms. The predicted octanol–water partition coefficient (Wildman–Crippen LogP) is 0.458. The maximum absolute atomic E-state index is 8.53. The summed E-state index contributed by atoms with van der Waals surface area (Å²) in [6.45, 7) is 4.36. The van der Waals surface area contributed by atoms with Crippen LogP contribution in [0, 0.1) is 0 Å². The molecule has 0 heterocycles. The molecule has 1 unspecified atom stereocenters. The van der Waals surface area contributed by atoms with Gasteiger partial charge in [0, 0.05) is 12.8 Å². The molecule has 0 radical (unpaired) electrons. The number of hydrogen-bond donors (Lipinski definition) is 1. The number of hydrogen-bond acceptors (Lipinski definition) is 2. The van der Waals surface area contributed by atoms with Crippen molar-refractivity contribution in [1.29, 1.82) is 0 Å². The van der Waals surface area contributed by atoms with Gasteiger partial charge in [-0.2, -0.15) is 0 Å². The third-order valence-corrected chi connectivity index (χ3v) is 0.504. The Morgan fingerprint density at radius 2 is 2.43 bits per heavy atom. The van der Waals surface area contributed by atoms with Crippen LogP contribution in [0.4, 0.5) is 0 Å². The Morgan fingerprint density at radius 3 is 2.57 bits per heavy atom. The minimum atomic E-state index is -0.389. The van der Waals surface area contributed by atoms with Gasteiger partial charge < -0.3 is 5.11 Å². The highest BCUT2D eigenvalue weighted by Crippen LogP contribution is 1.71. The largest absolute Gasteiger partial charge is 0.388 e. The van der Waals surface area contributed by atoms with Gasteiger partial charge in [0.25, 0.3) is 0 Å². The van der Waals surface area contributed by atoms with E-state index in [2.05, 4.69) is 4.99 Å². The lowest BCUT2D eigenvalue weighted by Gasteiger charge is -1.88. The molecule has 0 aliphatic rings. The summed E-state index contributed by atoms with van der Waals surface area (Å²) in [7, 11) is 0. The lowest BCUT2D eigenvalue weighted by molar-refractivity contribution is 0.267. The Balaban J connectivity index is 3.08. The summed E-state index contributed by atoms with van der Waals surface area (Å²) in [5.41, 5.74) is 0.